The van der Waals surface area contributed by atoms with Crippen molar-refractivity contribution in [1.82, 2.24) is 16.0 Å². The Bertz CT molecular complexity index is 613. The number of amides is 4. The Morgan fingerprint density at radius 2 is 1.55 bits per heavy atom. The molecule has 0 spiro atoms. The SMILES string of the molecule is CCC(C)C(NC(=O)C(C)NC(=O)C(CO)NC(=O)C(N)CCC(N)=O)C(=O)O. The number of carboxylic acids is 1. The van der Waals surface area contributed by atoms with E-state index in [-0.39, 0.29) is 18.8 Å². The van der Waals surface area contributed by atoms with Crippen LogP contribution in [0.4, 0.5) is 0 Å². The number of aliphatic hydroxyl groups is 1. The molecule has 0 saturated heterocycles. The van der Waals surface area contributed by atoms with Crippen LogP contribution in [0.5, 0.6) is 0 Å². The Hall–Kier alpha value is -2.73. The van der Waals surface area contributed by atoms with Gasteiger partial charge in [0.15, 0.2) is 0 Å². The molecule has 5 unspecified atom stereocenters. The minimum atomic E-state index is -1.39. The van der Waals surface area contributed by atoms with Gasteiger partial charge in [-0.2, -0.15) is 0 Å². The van der Waals surface area contributed by atoms with Crippen molar-refractivity contribution in [1.29, 1.82) is 0 Å². The lowest BCUT2D eigenvalue weighted by molar-refractivity contribution is -0.143. The number of rotatable bonds is 13. The summed E-state index contributed by atoms with van der Waals surface area (Å²) in [5, 5.41) is 25.4. The Balaban J connectivity index is 4.83. The van der Waals surface area contributed by atoms with Gasteiger partial charge in [-0.05, 0) is 19.3 Å². The van der Waals surface area contributed by atoms with Crippen molar-refractivity contribution in [3.8, 4) is 0 Å². The predicted octanol–water partition coefficient (Wildman–Crippen LogP) is -2.82. The molecule has 29 heavy (non-hydrogen) atoms. The molecule has 0 saturated carbocycles. The lowest BCUT2D eigenvalue weighted by Crippen LogP contribution is -2.57. The minimum absolute atomic E-state index is 0.0358. The first-order valence-electron chi connectivity index (χ1n) is 9.23. The van der Waals surface area contributed by atoms with Gasteiger partial charge in [0.2, 0.25) is 23.6 Å². The maximum Gasteiger partial charge on any atom is 0.326 e. The minimum Gasteiger partial charge on any atom is -0.480 e. The van der Waals surface area contributed by atoms with Gasteiger partial charge in [-0.3, -0.25) is 19.2 Å². The van der Waals surface area contributed by atoms with Crippen LogP contribution in [0.25, 0.3) is 0 Å². The molecule has 0 fully saturated rings. The van der Waals surface area contributed by atoms with Crippen molar-refractivity contribution in [3.63, 3.8) is 0 Å². The van der Waals surface area contributed by atoms with Crippen LogP contribution < -0.4 is 27.4 Å². The summed E-state index contributed by atoms with van der Waals surface area (Å²) in [7, 11) is 0. The Labute approximate surface area is 168 Å². The molecule has 0 rings (SSSR count). The highest BCUT2D eigenvalue weighted by Gasteiger charge is 2.29. The van der Waals surface area contributed by atoms with Gasteiger partial charge in [0, 0.05) is 6.42 Å². The van der Waals surface area contributed by atoms with Crippen molar-refractivity contribution < 1.29 is 34.2 Å². The van der Waals surface area contributed by atoms with Crippen LogP contribution in [0.2, 0.25) is 0 Å². The van der Waals surface area contributed by atoms with E-state index in [9.17, 15) is 34.2 Å². The Morgan fingerprint density at radius 3 is 2.00 bits per heavy atom. The van der Waals surface area contributed by atoms with Crippen molar-refractivity contribution >= 4 is 29.6 Å². The highest BCUT2D eigenvalue weighted by Crippen LogP contribution is 2.08. The molecule has 0 aromatic rings. The van der Waals surface area contributed by atoms with E-state index in [0.717, 1.165) is 0 Å². The number of aliphatic carboxylic acids is 1. The number of carbonyl (C=O) groups excluding carboxylic acids is 4. The van der Waals surface area contributed by atoms with Crippen molar-refractivity contribution in [2.24, 2.45) is 17.4 Å². The van der Waals surface area contributed by atoms with E-state index >= 15 is 0 Å². The standard InChI is InChI=1S/C17H31N5O7/c1-4-8(2)13(17(28)29)22-14(25)9(3)20-16(27)11(7-23)21-15(26)10(18)5-6-12(19)24/h8-11,13,23H,4-7,18H2,1-3H3,(H2,19,24)(H,20,27)(H,21,26)(H,22,25)(H,28,29). The molecule has 0 aliphatic heterocycles. The summed E-state index contributed by atoms with van der Waals surface area (Å²) in [5.41, 5.74) is 10.6. The normalized spacial score (nSPS) is 15.9. The first-order valence-corrected chi connectivity index (χ1v) is 9.23. The molecule has 0 aromatic carbocycles. The lowest BCUT2D eigenvalue weighted by atomic mass is 9.99. The fraction of sp³-hybridized carbons (Fsp3) is 0.706. The zero-order valence-corrected chi connectivity index (χ0v) is 16.8. The zero-order valence-electron chi connectivity index (χ0n) is 16.8. The first-order chi connectivity index (χ1) is 13.4. The summed E-state index contributed by atoms with van der Waals surface area (Å²) in [6, 6.07) is -4.74. The molecule has 4 amide bonds. The lowest BCUT2D eigenvalue weighted by Gasteiger charge is -2.24. The summed E-state index contributed by atoms with van der Waals surface area (Å²) in [4.78, 5) is 58.4. The third kappa shape index (κ3) is 9.34. The predicted molar refractivity (Wildman–Crippen MR) is 102 cm³/mol. The van der Waals surface area contributed by atoms with Crippen LogP contribution >= 0.6 is 0 Å². The van der Waals surface area contributed by atoms with Crippen molar-refractivity contribution in [3.05, 3.63) is 0 Å². The topological polar surface area (TPSA) is 214 Å². The van der Waals surface area contributed by atoms with Crippen LogP contribution in [0.15, 0.2) is 0 Å². The largest absolute Gasteiger partial charge is 0.480 e. The van der Waals surface area contributed by atoms with E-state index in [0.29, 0.717) is 6.42 Å². The summed E-state index contributed by atoms with van der Waals surface area (Å²) in [6.07, 6.45) is 0.362. The molecule has 12 heteroatoms. The van der Waals surface area contributed by atoms with E-state index in [2.05, 4.69) is 16.0 Å². The van der Waals surface area contributed by atoms with Gasteiger partial charge in [0.05, 0.1) is 12.6 Å². The number of carbonyl (C=O) groups is 5. The molecule has 0 aromatic heterocycles. The first kappa shape index (κ1) is 26.3. The smallest absolute Gasteiger partial charge is 0.326 e. The number of nitrogens with one attached hydrogen (secondary N) is 3. The number of hydrogen-bond donors (Lipinski definition) is 7. The third-order valence-corrected chi connectivity index (χ3v) is 4.38. The monoisotopic (exact) mass is 417 g/mol. The average molecular weight is 417 g/mol. The van der Waals surface area contributed by atoms with Gasteiger partial charge in [-0.1, -0.05) is 20.3 Å². The molecular weight excluding hydrogens is 386 g/mol. The quantitative estimate of drug-likeness (QED) is 0.165. The molecule has 0 aliphatic carbocycles. The average Bonchev–Trinajstić information content (AvgIpc) is 2.66. The van der Waals surface area contributed by atoms with Gasteiger partial charge in [-0.25, -0.2) is 4.79 Å². The molecule has 166 valence electrons. The van der Waals surface area contributed by atoms with Gasteiger partial charge in [-0.15, -0.1) is 0 Å². The second kappa shape index (κ2) is 12.7. The number of carboxylic acid groups (broad SMARTS) is 1. The van der Waals surface area contributed by atoms with Crippen LogP contribution in [0, 0.1) is 5.92 Å². The summed E-state index contributed by atoms with van der Waals surface area (Å²) in [6.45, 7) is 4.01. The van der Waals surface area contributed by atoms with Gasteiger partial charge < -0.3 is 37.6 Å². The fourth-order valence-electron chi connectivity index (χ4n) is 2.24. The highest BCUT2D eigenvalue weighted by molar-refractivity contribution is 5.94. The van der Waals surface area contributed by atoms with Gasteiger partial charge >= 0.3 is 5.97 Å². The summed E-state index contributed by atoms with van der Waals surface area (Å²) in [5.74, 6) is -4.53. The second-order valence-electron chi connectivity index (χ2n) is 6.80. The van der Waals surface area contributed by atoms with Gasteiger partial charge in [0.1, 0.15) is 18.1 Å². The highest BCUT2D eigenvalue weighted by atomic mass is 16.4. The molecule has 0 radical (unpaired) electrons. The van der Waals surface area contributed by atoms with Crippen LogP contribution in [0.3, 0.4) is 0 Å². The van der Waals surface area contributed by atoms with E-state index in [1.807, 2.05) is 0 Å². The molecule has 9 N–H and O–H groups in total. The fourth-order valence-corrected chi connectivity index (χ4v) is 2.24. The molecule has 5 atom stereocenters. The Morgan fingerprint density at radius 1 is 0.966 bits per heavy atom. The summed E-state index contributed by atoms with van der Waals surface area (Å²) < 4.78 is 0. The number of nitrogens with two attached hydrogens (primary N) is 2. The van der Waals surface area contributed by atoms with Crippen molar-refractivity contribution in [2.75, 3.05) is 6.61 Å². The number of aliphatic hydroxyl groups excluding tert-OH is 1. The van der Waals surface area contributed by atoms with E-state index in [1.165, 1.54) is 6.92 Å². The van der Waals surface area contributed by atoms with Crippen LogP contribution in [0.1, 0.15) is 40.0 Å². The molecule has 0 bridgehead atoms. The molecule has 0 aliphatic rings. The van der Waals surface area contributed by atoms with E-state index in [4.69, 9.17) is 11.5 Å². The maximum absolute atomic E-state index is 12.2. The van der Waals surface area contributed by atoms with E-state index in [1.54, 1.807) is 13.8 Å². The maximum atomic E-state index is 12.2. The second-order valence-corrected chi connectivity index (χ2v) is 6.80. The summed E-state index contributed by atoms with van der Waals surface area (Å²) >= 11 is 0. The number of primary amides is 1. The third-order valence-electron chi connectivity index (χ3n) is 4.38. The van der Waals surface area contributed by atoms with E-state index < -0.39 is 60.4 Å². The zero-order chi connectivity index (χ0) is 22.7. The number of hydrogen-bond acceptors (Lipinski definition) is 7. The van der Waals surface area contributed by atoms with Crippen molar-refractivity contribution in [2.45, 2.75) is 64.2 Å². The molecular formula is C17H31N5O7. The molecule has 12 nitrogen and oxygen atoms in total. The van der Waals surface area contributed by atoms with Gasteiger partial charge in [0.25, 0.3) is 0 Å². The Kier molecular flexibility index (Phi) is 11.5. The molecule has 0 heterocycles. The van der Waals surface area contributed by atoms with Crippen LogP contribution in [-0.2, 0) is 24.0 Å². The van der Waals surface area contributed by atoms with Crippen LogP contribution in [-0.4, -0.2) is 70.6 Å².